The number of anilines is 1. The van der Waals surface area contributed by atoms with E-state index < -0.39 is 0 Å². The molecule has 2 aromatic heterocycles. The third kappa shape index (κ3) is 2.98. The van der Waals surface area contributed by atoms with Crippen LogP contribution in [0.5, 0.6) is 0 Å². The van der Waals surface area contributed by atoms with Crippen LogP contribution in [-0.4, -0.2) is 33.7 Å². The molecule has 102 valence electrons. The number of aromatic nitrogens is 2. The summed E-state index contributed by atoms with van der Waals surface area (Å²) in [4.78, 5) is 13.4. The van der Waals surface area contributed by atoms with Crippen LogP contribution in [0.4, 0.5) is 5.69 Å². The number of nitrogen functional groups attached to an aromatic ring is 1. The minimum Gasteiger partial charge on any atom is -0.397 e. The van der Waals surface area contributed by atoms with Gasteiger partial charge in [0.05, 0.1) is 11.9 Å². The Hall–Kier alpha value is -1.34. The number of amides is 1. The molecule has 0 radical (unpaired) electrons. The van der Waals surface area contributed by atoms with Gasteiger partial charge in [-0.2, -0.15) is 16.9 Å². The molecule has 0 aliphatic heterocycles. The van der Waals surface area contributed by atoms with Gasteiger partial charge in [0.15, 0.2) is 0 Å². The number of hydrogen-bond acceptors (Lipinski definition) is 6. The van der Waals surface area contributed by atoms with Crippen LogP contribution in [0.2, 0.25) is 0 Å². The number of thiophene rings is 1. The number of nitrogens with zero attached hydrogens (tertiary/aromatic N) is 2. The molecule has 2 heterocycles. The van der Waals surface area contributed by atoms with E-state index in [2.05, 4.69) is 29.4 Å². The fourth-order valence-corrected chi connectivity index (χ4v) is 2.66. The molecule has 0 aliphatic rings. The highest BCUT2D eigenvalue weighted by Gasteiger charge is 2.21. The topological polar surface area (TPSA) is 80.9 Å². The van der Waals surface area contributed by atoms with Crippen molar-refractivity contribution in [3.05, 3.63) is 17.1 Å². The first-order chi connectivity index (χ1) is 8.94. The Bertz CT molecular complexity index is 609. The normalized spacial score (nSPS) is 11.7. The summed E-state index contributed by atoms with van der Waals surface area (Å²) in [5.74, 6) is -0.150. The molecule has 2 aromatic rings. The number of thioether (sulfide) groups is 1. The predicted octanol–water partition coefficient (Wildman–Crippen LogP) is 2.14. The Kier molecular flexibility index (Phi) is 3.96. The SMILES string of the molecule is CSC(C)(C)CNC(=O)c1sc2nnccc2c1N. The monoisotopic (exact) mass is 296 g/mol. The maximum Gasteiger partial charge on any atom is 0.263 e. The van der Waals surface area contributed by atoms with E-state index in [0.717, 1.165) is 5.39 Å². The minimum atomic E-state index is -0.150. The van der Waals surface area contributed by atoms with Gasteiger partial charge in [0.1, 0.15) is 9.71 Å². The Morgan fingerprint density at radius 1 is 1.58 bits per heavy atom. The standard InChI is InChI=1S/C12H16N4OS2/c1-12(2,18-3)6-14-10(17)9-8(13)7-4-5-15-16-11(7)19-9/h4-5H,6,13H2,1-3H3,(H,14,17). The van der Waals surface area contributed by atoms with Crippen LogP contribution in [0.25, 0.3) is 10.2 Å². The van der Waals surface area contributed by atoms with E-state index in [0.29, 0.717) is 21.9 Å². The van der Waals surface area contributed by atoms with Crippen LogP contribution >= 0.6 is 23.1 Å². The van der Waals surface area contributed by atoms with Crippen molar-refractivity contribution in [1.29, 1.82) is 0 Å². The summed E-state index contributed by atoms with van der Waals surface area (Å²) in [6.45, 7) is 4.75. The number of hydrogen-bond donors (Lipinski definition) is 2. The molecule has 3 N–H and O–H groups in total. The van der Waals surface area contributed by atoms with Crippen LogP contribution in [0.1, 0.15) is 23.5 Å². The molecule has 2 rings (SSSR count). The molecule has 0 saturated carbocycles. The van der Waals surface area contributed by atoms with E-state index in [1.165, 1.54) is 11.3 Å². The van der Waals surface area contributed by atoms with Crippen molar-refractivity contribution in [2.45, 2.75) is 18.6 Å². The second kappa shape index (κ2) is 5.34. The second-order valence-corrected chi connectivity index (χ2v) is 7.25. The first-order valence-corrected chi connectivity index (χ1v) is 7.82. The molecular formula is C12H16N4OS2. The molecule has 0 spiro atoms. The first kappa shape index (κ1) is 14.1. The predicted molar refractivity (Wildman–Crippen MR) is 81.8 cm³/mol. The van der Waals surface area contributed by atoms with Crippen molar-refractivity contribution in [1.82, 2.24) is 15.5 Å². The molecule has 0 unspecified atom stereocenters. The summed E-state index contributed by atoms with van der Waals surface area (Å²) < 4.78 is 0.000902. The third-order valence-electron chi connectivity index (χ3n) is 2.85. The van der Waals surface area contributed by atoms with E-state index in [4.69, 9.17) is 5.73 Å². The van der Waals surface area contributed by atoms with Crippen molar-refractivity contribution < 1.29 is 4.79 Å². The van der Waals surface area contributed by atoms with Crippen molar-refractivity contribution in [3.63, 3.8) is 0 Å². The maximum atomic E-state index is 12.2. The van der Waals surface area contributed by atoms with Crippen LogP contribution in [0.3, 0.4) is 0 Å². The lowest BCUT2D eigenvalue weighted by molar-refractivity contribution is 0.0955. The molecular weight excluding hydrogens is 280 g/mol. The quantitative estimate of drug-likeness (QED) is 0.903. The van der Waals surface area contributed by atoms with Gasteiger partial charge in [0.25, 0.3) is 5.91 Å². The Balaban J connectivity index is 2.20. The molecule has 0 aromatic carbocycles. The van der Waals surface area contributed by atoms with Crippen LogP contribution in [0, 0.1) is 0 Å². The van der Waals surface area contributed by atoms with E-state index in [-0.39, 0.29) is 10.7 Å². The van der Waals surface area contributed by atoms with E-state index >= 15 is 0 Å². The van der Waals surface area contributed by atoms with Crippen molar-refractivity contribution in [2.75, 3.05) is 18.5 Å². The molecule has 1 amide bonds. The van der Waals surface area contributed by atoms with Crippen molar-refractivity contribution >= 4 is 44.9 Å². The average Bonchev–Trinajstić information content (AvgIpc) is 2.74. The summed E-state index contributed by atoms with van der Waals surface area (Å²) in [6, 6.07) is 1.77. The third-order valence-corrected chi connectivity index (χ3v) is 5.21. The molecule has 7 heteroatoms. The first-order valence-electron chi connectivity index (χ1n) is 5.77. The maximum absolute atomic E-state index is 12.2. The van der Waals surface area contributed by atoms with E-state index in [1.807, 2.05) is 6.26 Å². The summed E-state index contributed by atoms with van der Waals surface area (Å²) in [7, 11) is 0. The molecule has 19 heavy (non-hydrogen) atoms. The number of rotatable bonds is 4. The van der Waals surface area contributed by atoms with Gasteiger partial charge >= 0.3 is 0 Å². The van der Waals surface area contributed by atoms with E-state index in [9.17, 15) is 4.79 Å². The Morgan fingerprint density at radius 2 is 2.32 bits per heavy atom. The molecule has 0 aliphatic carbocycles. The van der Waals surface area contributed by atoms with Gasteiger partial charge in [-0.1, -0.05) is 0 Å². The number of carbonyl (C=O) groups excluding carboxylic acids is 1. The fourth-order valence-electron chi connectivity index (χ4n) is 1.49. The summed E-state index contributed by atoms with van der Waals surface area (Å²) in [6.07, 6.45) is 3.60. The summed E-state index contributed by atoms with van der Waals surface area (Å²) in [5, 5.41) is 11.5. The zero-order valence-electron chi connectivity index (χ0n) is 11.1. The van der Waals surface area contributed by atoms with Gasteiger partial charge in [-0.25, -0.2) is 0 Å². The van der Waals surface area contributed by atoms with Gasteiger partial charge in [-0.15, -0.1) is 16.4 Å². The number of carbonyl (C=O) groups is 1. The van der Waals surface area contributed by atoms with Crippen molar-refractivity contribution in [3.8, 4) is 0 Å². The zero-order valence-corrected chi connectivity index (χ0v) is 12.7. The minimum absolute atomic E-state index is 0.000902. The highest BCUT2D eigenvalue weighted by molar-refractivity contribution is 7.99. The smallest absolute Gasteiger partial charge is 0.263 e. The van der Waals surface area contributed by atoms with Crippen molar-refractivity contribution in [2.24, 2.45) is 0 Å². The van der Waals surface area contributed by atoms with Crippen LogP contribution in [-0.2, 0) is 0 Å². The number of fused-ring (bicyclic) bond motifs is 1. The lowest BCUT2D eigenvalue weighted by Crippen LogP contribution is -2.35. The molecule has 0 bridgehead atoms. The van der Waals surface area contributed by atoms with Gasteiger partial charge in [0, 0.05) is 16.7 Å². The Morgan fingerprint density at radius 3 is 2.95 bits per heavy atom. The van der Waals surface area contributed by atoms with Gasteiger partial charge < -0.3 is 11.1 Å². The summed E-state index contributed by atoms with van der Waals surface area (Å²) in [5.41, 5.74) is 6.47. The number of nitrogens with one attached hydrogen (secondary N) is 1. The van der Waals surface area contributed by atoms with Crippen LogP contribution in [0.15, 0.2) is 12.3 Å². The molecule has 0 saturated heterocycles. The fraction of sp³-hybridized carbons (Fsp3) is 0.417. The van der Waals surface area contributed by atoms with Crippen LogP contribution < -0.4 is 11.1 Å². The largest absolute Gasteiger partial charge is 0.397 e. The molecule has 0 fully saturated rings. The van der Waals surface area contributed by atoms with E-state index in [1.54, 1.807) is 24.0 Å². The molecule has 0 atom stereocenters. The molecule has 5 nitrogen and oxygen atoms in total. The summed E-state index contributed by atoms with van der Waals surface area (Å²) >= 11 is 2.98. The van der Waals surface area contributed by atoms with Gasteiger partial charge in [0.2, 0.25) is 0 Å². The second-order valence-electron chi connectivity index (χ2n) is 4.74. The lowest BCUT2D eigenvalue weighted by atomic mass is 10.2. The average molecular weight is 296 g/mol. The van der Waals surface area contributed by atoms with Gasteiger partial charge in [-0.3, -0.25) is 4.79 Å². The highest BCUT2D eigenvalue weighted by atomic mass is 32.2. The number of nitrogens with two attached hydrogens (primary N) is 1. The zero-order chi connectivity index (χ0) is 14.0. The highest BCUT2D eigenvalue weighted by Crippen LogP contribution is 2.31. The Labute approximate surface area is 120 Å². The lowest BCUT2D eigenvalue weighted by Gasteiger charge is -2.21. The van der Waals surface area contributed by atoms with Gasteiger partial charge in [-0.05, 0) is 26.2 Å².